The summed E-state index contributed by atoms with van der Waals surface area (Å²) < 4.78 is 0. The van der Waals surface area contributed by atoms with Crippen LogP contribution in [0.15, 0.2) is 71.5 Å². The minimum absolute atomic E-state index is 0.144. The number of nitrogens with two attached hydrogens (primary N) is 1. The largest absolute Gasteiger partial charge is 0.370 e. The summed E-state index contributed by atoms with van der Waals surface area (Å²) in [5.41, 5.74) is 10.4. The van der Waals surface area contributed by atoms with E-state index in [1.807, 2.05) is 48.8 Å². The van der Waals surface area contributed by atoms with E-state index in [2.05, 4.69) is 30.9 Å². The van der Waals surface area contributed by atoms with Gasteiger partial charge in [0, 0.05) is 54.4 Å². The molecule has 0 aliphatic carbocycles. The highest BCUT2D eigenvalue weighted by atomic mass is 16.1. The van der Waals surface area contributed by atoms with Gasteiger partial charge >= 0.3 is 0 Å². The summed E-state index contributed by atoms with van der Waals surface area (Å²) >= 11 is 0. The minimum Gasteiger partial charge on any atom is -0.370 e. The molecule has 3 heterocycles. The van der Waals surface area contributed by atoms with Gasteiger partial charge in [0.15, 0.2) is 5.82 Å². The number of aromatic amines is 1. The molecular formula is C26H26N6O. The number of carbonyl (C=O) groups excluding carboxylic acids is 1. The minimum atomic E-state index is -0.144. The Morgan fingerprint density at radius 3 is 3.00 bits per heavy atom. The first-order valence-corrected chi connectivity index (χ1v) is 11.1. The predicted octanol–water partition coefficient (Wildman–Crippen LogP) is 4.05. The van der Waals surface area contributed by atoms with Gasteiger partial charge in [0.05, 0.1) is 17.6 Å². The lowest BCUT2D eigenvalue weighted by Gasteiger charge is -2.17. The molecule has 1 unspecified atom stereocenters. The molecule has 0 bridgehead atoms. The molecule has 7 heteroatoms. The molecule has 7 nitrogen and oxygen atoms in total. The number of allylic oxidation sites excluding steroid dienone is 2. The number of carbonyl (C=O) groups is 1. The Labute approximate surface area is 192 Å². The number of fused-ring (bicyclic) bond motifs is 2. The third-order valence-electron chi connectivity index (χ3n) is 6.07. The van der Waals surface area contributed by atoms with Gasteiger partial charge in [-0.1, -0.05) is 24.3 Å². The van der Waals surface area contributed by atoms with Crippen LogP contribution in [0.5, 0.6) is 0 Å². The molecule has 2 aromatic carbocycles. The van der Waals surface area contributed by atoms with Crippen molar-refractivity contribution in [3.8, 4) is 0 Å². The van der Waals surface area contributed by atoms with Crippen LogP contribution in [-0.4, -0.2) is 46.1 Å². The van der Waals surface area contributed by atoms with E-state index in [0.29, 0.717) is 17.9 Å². The highest BCUT2D eigenvalue weighted by Gasteiger charge is 2.20. The van der Waals surface area contributed by atoms with E-state index >= 15 is 0 Å². The molecule has 1 saturated heterocycles. The second-order valence-corrected chi connectivity index (χ2v) is 8.47. The van der Waals surface area contributed by atoms with E-state index in [1.165, 1.54) is 0 Å². The number of anilines is 1. The lowest BCUT2D eigenvalue weighted by atomic mass is 10.1. The van der Waals surface area contributed by atoms with Crippen LogP contribution in [0, 0.1) is 0 Å². The number of hydrogen-bond acceptors (Lipinski definition) is 6. The number of hydrogen-bond donors (Lipinski definition) is 2. The van der Waals surface area contributed by atoms with Crippen LogP contribution in [0.1, 0.15) is 29.5 Å². The maximum atomic E-state index is 12.9. The van der Waals surface area contributed by atoms with Gasteiger partial charge in [-0.05, 0) is 48.6 Å². The average Bonchev–Trinajstić information content (AvgIpc) is 3.47. The van der Waals surface area contributed by atoms with Gasteiger partial charge in [-0.15, -0.1) is 0 Å². The molecule has 0 saturated carbocycles. The quantitative estimate of drug-likeness (QED) is 0.269. The van der Waals surface area contributed by atoms with Crippen molar-refractivity contribution in [2.24, 2.45) is 10.7 Å². The fraction of sp³-hybridized carbons (Fsp3) is 0.231. The number of Topliss-reactive ketones (excluding diaryl/α,β-unsaturated/α-hetero) is 1. The molecule has 0 radical (unpaired) electrons. The normalized spacial score (nSPS) is 17.0. The monoisotopic (exact) mass is 438 g/mol. The molecule has 1 fully saturated rings. The Hall–Kier alpha value is -3.84. The number of ketones is 1. The molecule has 1 aliphatic heterocycles. The molecule has 1 atom stereocenters. The second kappa shape index (κ2) is 8.96. The van der Waals surface area contributed by atoms with Crippen LogP contribution in [0.4, 0.5) is 5.69 Å². The van der Waals surface area contributed by atoms with E-state index < -0.39 is 0 Å². The fourth-order valence-electron chi connectivity index (χ4n) is 4.21. The zero-order valence-corrected chi connectivity index (χ0v) is 18.5. The number of benzene rings is 2. The van der Waals surface area contributed by atoms with Crippen LogP contribution in [0.3, 0.4) is 0 Å². The number of rotatable bonds is 6. The lowest BCUT2D eigenvalue weighted by molar-refractivity contribution is 0.102. The maximum Gasteiger partial charge on any atom is 0.224 e. The third kappa shape index (κ3) is 4.40. The summed E-state index contributed by atoms with van der Waals surface area (Å²) in [5.74, 6) is 0.190. The van der Waals surface area contributed by atoms with E-state index in [0.717, 1.165) is 52.6 Å². The Morgan fingerprint density at radius 1 is 1.27 bits per heavy atom. The average molecular weight is 439 g/mol. The van der Waals surface area contributed by atoms with E-state index in [4.69, 9.17) is 5.73 Å². The Morgan fingerprint density at radius 2 is 2.15 bits per heavy atom. The van der Waals surface area contributed by atoms with Crippen molar-refractivity contribution in [1.29, 1.82) is 0 Å². The van der Waals surface area contributed by atoms with Crippen molar-refractivity contribution in [2.75, 3.05) is 18.0 Å². The summed E-state index contributed by atoms with van der Waals surface area (Å²) in [5, 5.41) is 2.23. The predicted molar refractivity (Wildman–Crippen MR) is 133 cm³/mol. The number of aliphatic imine (C=N–C) groups is 1. The number of imidazole rings is 1. The number of nitrogens with zero attached hydrogens (tertiary/aromatic N) is 4. The van der Waals surface area contributed by atoms with Gasteiger partial charge in [-0.25, -0.2) is 4.98 Å². The van der Waals surface area contributed by atoms with Crippen LogP contribution < -0.4 is 10.6 Å². The Kier molecular flexibility index (Phi) is 5.71. The first kappa shape index (κ1) is 21.0. The first-order chi connectivity index (χ1) is 16.1. The van der Waals surface area contributed by atoms with Gasteiger partial charge < -0.3 is 15.6 Å². The molecule has 33 heavy (non-hydrogen) atoms. The van der Waals surface area contributed by atoms with Crippen molar-refractivity contribution in [3.05, 3.63) is 77.9 Å². The zero-order valence-electron chi connectivity index (χ0n) is 18.5. The molecule has 4 aromatic rings. The number of H-pyrrole nitrogens is 1. The van der Waals surface area contributed by atoms with Crippen LogP contribution in [0.25, 0.3) is 21.8 Å². The van der Waals surface area contributed by atoms with Crippen molar-refractivity contribution < 1.29 is 4.79 Å². The zero-order chi connectivity index (χ0) is 22.8. The van der Waals surface area contributed by atoms with Gasteiger partial charge in [0.1, 0.15) is 0 Å². The highest BCUT2D eigenvalue weighted by molar-refractivity contribution is 6.09. The highest BCUT2D eigenvalue weighted by Crippen LogP contribution is 2.24. The first-order valence-electron chi connectivity index (χ1n) is 11.1. The smallest absolute Gasteiger partial charge is 0.224 e. The van der Waals surface area contributed by atoms with Crippen molar-refractivity contribution in [2.45, 2.75) is 25.9 Å². The van der Waals surface area contributed by atoms with Gasteiger partial charge in [-0.2, -0.15) is 0 Å². The van der Waals surface area contributed by atoms with Crippen molar-refractivity contribution in [1.82, 2.24) is 15.0 Å². The molecule has 2 aromatic heterocycles. The van der Waals surface area contributed by atoms with E-state index in [-0.39, 0.29) is 11.8 Å². The molecule has 166 valence electrons. The van der Waals surface area contributed by atoms with Crippen molar-refractivity contribution in [3.63, 3.8) is 0 Å². The summed E-state index contributed by atoms with van der Waals surface area (Å²) in [7, 11) is 0. The summed E-state index contributed by atoms with van der Waals surface area (Å²) in [4.78, 5) is 31.6. The SMILES string of the molecule is C/C(=C\C=NCc1cncc2ccccc12)C(=O)c1nc2ccc(N3CCC(N)C3)cc2[nH]1. The lowest BCUT2D eigenvalue weighted by Crippen LogP contribution is -2.26. The summed E-state index contributed by atoms with van der Waals surface area (Å²) in [6, 6.07) is 14.3. The number of nitrogens with one attached hydrogen (secondary N) is 1. The Bertz CT molecular complexity index is 1380. The maximum absolute atomic E-state index is 12.9. The van der Waals surface area contributed by atoms with Gasteiger partial charge in [0.25, 0.3) is 0 Å². The summed E-state index contributed by atoms with van der Waals surface area (Å²) in [6.07, 6.45) is 8.08. The molecule has 1 aliphatic rings. The fourth-order valence-corrected chi connectivity index (χ4v) is 4.21. The number of pyridine rings is 1. The molecule has 3 N–H and O–H groups in total. The topological polar surface area (TPSA) is 100 Å². The molecule has 0 amide bonds. The third-order valence-corrected chi connectivity index (χ3v) is 6.07. The van der Waals surface area contributed by atoms with Gasteiger partial charge in [0.2, 0.25) is 5.78 Å². The van der Waals surface area contributed by atoms with E-state index in [1.54, 1.807) is 19.2 Å². The second-order valence-electron chi connectivity index (χ2n) is 8.47. The van der Waals surface area contributed by atoms with Crippen LogP contribution in [-0.2, 0) is 6.54 Å². The number of aromatic nitrogens is 3. The van der Waals surface area contributed by atoms with Crippen LogP contribution in [0.2, 0.25) is 0 Å². The molecule has 5 rings (SSSR count). The Balaban J connectivity index is 1.29. The van der Waals surface area contributed by atoms with E-state index in [9.17, 15) is 4.79 Å². The van der Waals surface area contributed by atoms with Crippen molar-refractivity contribution >= 4 is 39.5 Å². The molecule has 0 spiro atoms. The van der Waals surface area contributed by atoms with Gasteiger partial charge in [-0.3, -0.25) is 14.8 Å². The standard InChI is InChI=1S/C26H26N6O/c1-17(8-10-28-14-19-15-29-13-18-4-2-3-5-22(18)19)25(33)26-30-23-7-6-21(12-24(23)31-26)32-11-9-20(27)16-32/h2-8,10,12-13,15,20H,9,11,14,16,27H2,1H3,(H,30,31)/b17-8+,28-10?. The summed E-state index contributed by atoms with van der Waals surface area (Å²) in [6.45, 7) is 4.07. The van der Waals surface area contributed by atoms with Crippen LogP contribution >= 0.6 is 0 Å². The molecular weight excluding hydrogens is 412 g/mol.